The minimum absolute atomic E-state index is 0.335. The predicted octanol–water partition coefficient (Wildman–Crippen LogP) is 3.48. The Morgan fingerprint density at radius 1 is 1.25 bits per heavy atom. The van der Waals surface area contributed by atoms with Crippen molar-refractivity contribution in [2.24, 2.45) is 0 Å². The Kier molecular flexibility index (Phi) is 3.32. The summed E-state index contributed by atoms with van der Waals surface area (Å²) >= 11 is 6.02. The molecule has 0 fully saturated rings. The van der Waals surface area contributed by atoms with Gasteiger partial charge in [-0.25, -0.2) is 9.97 Å². The number of rotatable bonds is 3. The maximum absolute atomic E-state index is 6.02. The van der Waals surface area contributed by atoms with Crippen LogP contribution in [-0.4, -0.2) is 21.6 Å². The van der Waals surface area contributed by atoms with Gasteiger partial charge < -0.3 is 4.74 Å². The van der Waals surface area contributed by atoms with Gasteiger partial charge in [-0.3, -0.25) is 4.57 Å². The van der Waals surface area contributed by atoms with Gasteiger partial charge in [0.25, 0.3) is 0 Å². The number of aromatic nitrogens is 3. The Morgan fingerprint density at radius 3 is 2.65 bits per heavy atom. The van der Waals surface area contributed by atoms with Gasteiger partial charge in [0.15, 0.2) is 5.65 Å². The third-order valence-electron chi connectivity index (χ3n) is 3.15. The van der Waals surface area contributed by atoms with Crippen LogP contribution in [-0.2, 0) is 5.88 Å². The molecule has 102 valence electrons. The second-order valence-corrected chi connectivity index (χ2v) is 4.82. The van der Waals surface area contributed by atoms with Crippen LogP contribution in [0.15, 0.2) is 36.5 Å². The predicted molar refractivity (Wildman–Crippen MR) is 79.7 cm³/mol. The number of aryl methyl sites for hydroxylation is 1. The van der Waals surface area contributed by atoms with Crippen molar-refractivity contribution < 1.29 is 4.74 Å². The minimum Gasteiger partial charge on any atom is -0.497 e. The summed E-state index contributed by atoms with van der Waals surface area (Å²) in [7, 11) is 1.65. The fourth-order valence-corrected chi connectivity index (χ4v) is 2.38. The first-order valence-electron chi connectivity index (χ1n) is 6.27. The fourth-order valence-electron chi connectivity index (χ4n) is 2.20. The lowest BCUT2D eigenvalue weighted by Crippen LogP contribution is -2.00. The number of benzene rings is 1. The molecule has 0 spiro atoms. The van der Waals surface area contributed by atoms with E-state index in [4.69, 9.17) is 16.3 Å². The Balaban J connectivity index is 2.22. The molecular weight excluding hydrogens is 274 g/mol. The van der Waals surface area contributed by atoms with Gasteiger partial charge in [-0.15, -0.1) is 11.6 Å². The lowest BCUT2D eigenvalue weighted by molar-refractivity contribution is 0.414. The van der Waals surface area contributed by atoms with Crippen molar-refractivity contribution in [3.05, 3.63) is 47.9 Å². The first kappa shape index (κ1) is 12.9. The van der Waals surface area contributed by atoms with E-state index < -0.39 is 0 Å². The van der Waals surface area contributed by atoms with Gasteiger partial charge in [0.1, 0.15) is 17.1 Å². The summed E-state index contributed by atoms with van der Waals surface area (Å²) in [4.78, 5) is 9.03. The van der Waals surface area contributed by atoms with Crippen molar-refractivity contribution in [1.29, 1.82) is 0 Å². The zero-order valence-electron chi connectivity index (χ0n) is 11.3. The average Bonchev–Trinajstić information content (AvgIpc) is 2.84. The molecule has 3 aromatic rings. The van der Waals surface area contributed by atoms with E-state index in [0.29, 0.717) is 5.88 Å². The van der Waals surface area contributed by atoms with Crippen molar-refractivity contribution in [3.63, 3.8) is 0 Å². The van der Waals surface area contributed by atoms with Gasteiger partial charge in [0.05, 0.1) is 13.0 Å². The SMILES string of the molecule is COc1ccc(-n2c(CCl)nc3cc(C)cnc32)cc1. The quantitative estimate of drug-likeness (QED) is 0.693. The number of nitrogens with zero attached hydrogens (tertiary/aromatic N) is 3. The van der Waals surface area contributed by atoms with Crippen LogP contribution in [0, 0.1) is 6.92 Å². The smallest absolute Gasteiger partial charge is 0.164 e. The van der Waals surface area contributed by atoms with E-state index >= 15 is 0 Å². The number of hydrogen-bond donors (Lipinski definition) is 0. The topological polar surface area (TPSA) is 39.9 Å². The van der Waals surface area contributed by atoms with E-state index in [9.17, 15) is 0 Å². The molecule has 0 aliphatic carbocycles. The molecule has 1 aromatic carbocycles. The highest BCUT2D eigenvalue weighted by atomic mass is 35.5. The highest BCUT2D eigenvalue weighted by Crippen LogP contribution is 2.23. The molecule has 0 unspecified atom stereocenters. The number of ether oxygens (including phenoxy) is 1. The molecule has 5 heteroatoms. The molecule has 0 saturated carbocycles. The van der Waals surface area contributed by atoms with Crippen molar-refractivity contribution >= 4 is 22.8 Å². The third-order valence-corrected chi connectivity index (χ3v) is 3.39. The standard InChI is InChI=1S/C15H14ClN3O/c1-10-7-13-15(17-9-10)19(14(8-16)18-13)11-3-5-12(20-2)6-4-11/h3-7,9H,8H2,1-2H3. The molecular formula is C15H14ClN3O. The van der Waals surface area contributed by atoms with Gasteiger partial charge in [-0.1, -0.05) is 0 Å². The lowest BCUT2D eigenvalue weighted by atomic mass is 10.3. The maximum Gasteiger partial charge on any atom is 0.164 e. The molecule has 0 radical (unpaired) electrons. The van der Waals surface area contributed by atoms with Crippen LogP contribution in [0.1, 0.15) is 11.4 Å². The second-order valence-electron chi connectivity index (χ2n) is 4.55. The molecule has 0 aliphatic rings. The first-order chi connectivity index (χ1) is 9.72. The van der Waals surface area contributed by atoms with Gasteiger partial charge in [-0.2, -0.15) is 0 Å². The van der Waals surface area contributed by atoms with Crippen LogP contribution < -0.4 is 4.74 Å². The molecule has 4 nitrogen and oxygen atoms in total. The number of hydrogen-bond acceptors (Lipinski definition) is 3. The van der Waals surface area contributed by atoms with Crippen molar-refractivity contribution in [2.75, 3.05) is 7.11 Å². The molecule has 0 saturated heterocycles. The molecule has 0 aliphatic heterocycles. The van der Waals surface area contributed by atoms with E-state index in [-0.39, 0.29) is 0 Å². The summed E-state index contributed by atoms with van der Waals surface area (Å²) in [5, 5.41) is 0. The Bertz CT molecular complexity index is 750. The zero-order chi connectivity index (χ0) is 14.1. The summed E-state index contributed by atoms with van der Waals surface area (Å²) in [5.41, 5.74) is 3.73. The van der Waals surface area contributed by atoms with Gasteiger partial charge >= 0.3 is 0 Å². The fraction of sp³-hybridized carbons (Fsp3) is 0.200. The monoisotopic (exact) mass is 287 g/mol. The highest BCUT2D eigenvalue weighted by molar-refractivity contribution is 6.16. The summed E-state index contributed by atoms with van der Waals surface area (Å²) in [5.74, 6) is 1.93. The summed E-state index contributed by atoms with van der Waals surface area (Å²) in [6.45, 7) is 2.00. The molecule has 0 atom stereocenters. The van der Waals surface area contributed by atoms with Crippen molar-refractivity contribution in [3.8, 4) is 11.4 Å². The summed E-state index contributed by atoms with van der Waals surface area (Å²) in [6, 6.07) is 9.77. The molecule has 2 aromatic heterocycles. The molecule has 0 N–H and O–H groups in total. The number of alkyl halides is 1. The summed E-state index contributed by atoms with van der Waals surface area (Å²) in [6.07, 6.45) is 1.84. The van der Waals surface area contributed by atoms with Crippen LogP contribution in [0.25, 0.3) is 16.9 Å². The lowest BCUT2D eigenvalue weighted by Gasteiger charge is -2.08. The average molecular weight is 288 g/mol. The van der Waals surface area contributed by atoms with Crippen molar-refractivity contribution in [1.82, 2.24) is 14.5 Å². The van der Waals surface area contributed by atoms with Gasteiger partial charge in [0.2, 0.25) is 0 Å². The first-order valence-corrected chi connectivity index (χ1v) is 6.80. The van der Waals surface area contributed by atoms with Crippen molar-refractivity contribution in [2.45, 2.75) is 12.8 Å². The van der Waals surface area contributed by atoms with Gasteiger partial charge in [-0.05, 0) is 42.8 Å². The van der Waals surface area contributed by atoms with Crippen LogP contribution >= 0.6 is 11.6 Å². The van der Waals surface area contributed by atoms with E-state index in [1.165, 1.54) is 0 Å². The molecule has 3 rings (SSSR count). The number of imidazole rings is 1. The number of fused-ring (bicyclic) bond motifs is 1. The number of halogens is 1. The van der Waals surface area contributed by atoms with E-state index in [0.717, 1.165) is 34.0 Å². The normalized spacial score (nSPS) is 10.9. The molecule has 0 amide bonds. The molecule has 0 bridgehead atoms. The van der Waals surface area contributed by atoms with E-state index in [1.54, 1.807) is 7.11 Å². The number of pyridine rings is 1. The Hall–Kier alpha value is -2.07. The van der Waals surface area contributed by atoms with Gasteiger partial charge in [0, 0.05) is 11.9 Å². The van der Waals surface area contributed by atoms with E-state index in [2.05, 4.69) is 9.97 Å². The largest absolute Gasteiger partial charge is 0.497 e. The maximum atomic E-state index is 6.02. The zero-order valence-corrected chi connectivity index (χ0v) is 12.1. The molecule has 20 heavy (non-hydrogen) atoms. The van der Waals surface area contributed by atoms with Crippen LogP contribution in [0.5, 0.6) is 5.75 Å². The molecule has 2 heterocycles. The Morgan fingerprint density at radius 2 is 2.00 bits per heavy atom. The highest BCUT2D eigenvalue weighted by Gasteiger charge is 2.13. The van der Waals surface area contributed by atoms with Crippen LogP contribution in [0.4, 0.5) is 0 Å². The number of methoxy groups -OCH3 is 1. The Labute approximate surface area is 122 Å². The van der Waals surface area contributed by atoms with E-state index in [1.807, 2.05) is 48.0 Å². The van der Waals surface area contributed by atoms with Crippen LogP contribution in [0.2, 0.25) is 0 Å². The van der Waals surface area contributed by atoms with Crippen LogP contribution in [0.3, 0.4) is 0 Å². The third kappa shape index (κ3) is 2.12. The summed E-state index contributed by atoms with van der Waals surface area (Å²) < 4.78 is 7.15. The second kappa shape index (κ2) is 5.13. The minimum atomic E-state index is 0.335.